The number of hydrogen-bond donors (Lipinski definition) is 1. The van der Waals surface area contributed by atoms with Crippen molar-refractivity contribution in [1.82, 2.24) is 5.32 Å². The summed E-state index contributed by atoms with van der Waals surface area (Å²) in [5, 5.41) is 3.31. The largest absolute Gasteiger partial charge is 0.497 e. The fourth-order valence-corrected chi connectivity index (χ4v) is 1.90. The molecule has 0 aliphatic rings. The zero-order chi connectivity index (χ0) is 14.2. The molecule has 0 heterocycles. The van der Waals surface area contributed by atoms with Crippen LogP contribution in [0.2, 0.25) is 0 Å². The van der Waals surface area contributed by atoms with Crippen LogP contribution in [-0.4, -0.2) is 13.7 Å². The van der Waals surface area contributed by atoms with Crippen LogP contribution in [0.1, 0.15) is 18.1 Å². The van der Waals surface area contributed by atoms with Crippen molar-refractivity contribution in [3.8, 4) is 11.5 Å². The Morgan fingerprint density at radius 3 is 2.45 bits per heavy atom. The van der Waals surface area contributed by atoms with Crippen molar-refractivity contribution in [2.24, 2.45) is 0 Å². The van der Waals surface area contributed by atoms with Gasteiger partial charge in [-0.05, 0) is 41.9 Å². The summed E-state index contributed by atoms with van der Waals surface area (Å²) in [6, 6.07) is 16.1. The van der Waals surface area contributed by atoms with E-state index in [9.17, 15) is 0 Å². The zero-order valence-corrected chi connectivity index (χ0v) is 12.1. The molecule has 3 heteroatoms. The summed E-state index contributed by atoms with van der Waals surface area (Å²) in [6.07, 6.45) is 0. The van der Waals surface area contributed by atoms with Gasteiger partial charge in [-0.25, -0.2) is 0 Å². The van der Waals surface area contributed by atoms with Gasteiger partial charge in [-0.3, -0.25) is 0 Å². The Hall–Kier alpha value is -2.00. The molecule has 0 aliphatic heterocycles. The highest BCUT2D eigenvalue weighted by Gasteiger charge is 1.99. The first-order valence-electron chi connectivity index (χ1n) is 6.87. The highest BCUT2D eigenvalue weighted by Crippen LogP contribution is 2.17. The number of benzene rings is 2. The first kappa shape index (κ1) is 14.4. The number of rotatable bonds is 7. The van der Waals surface area contributed by atoms with E-state index in [0.717, 1.165) is 30.2 Å². The second-order valence-corrected chi connectivity index (χ2v) is 4.56. The second kappa shape index (κ2) is 7.56. The molecule has 0 bridgehead atoms. The minimum absolute atomic E-state index is 0.564. The highest BCUT2D eigenvalue weighted by atomic mass is 16.5. The first-order valence-corrected chi connectivity index (χ1v) is 6.87. The molecule has 106 valence electrons. The SMILES string of the molecule is CCNCc1cccc(OCc2ccc(OC)cc2)c1. The van der Waals surface area contributed by atoms with Crippen LogP contribution in [0, 0.1) is 0 Å². The van der Waals surface area contributed by atoms with Gasteiger partial charge in [0.05, 0.1) is 7.11 Å². The zero-order valence-electron chi connectivity index (χ0n) is 12.1. The van der Waals surface area contributed by atoms with Crippen molar-refractivity contribution in [1.29, 1.82) is 0 Å². The molecular weight excluding hydrogens is 250 g/mol. The maximum absolute atomic E-state index is 5.82. The molecule has 0 radical (unpaired) electrons. The molecule has 2 rings (SSSR count). The van der Waals surface area contributed by atoms with E-state index >= 15 is 0 Å². The monoisotopic (exact) mass is 271 g/mol. The lowest BCUT2D eigenvalue weighted by Crippen LogP contribution is -2.11. The molecule has 0 saturated carbocycles. The van der Waals surface area contributed by atoms with Crippen LogP contribution >= 0.6 is 0 Å². The van der Waals surface area contributed by atoms with Gasteiger partial charge in [-0.15, -0.1) is 0 Å². The molecular formula is C17H21NO2. The van der Waals surface area contributed by atoms with E-state index in [1.54, 1.807) is 7.11 Å². The predicted octanol–water partition coefficient (Wildman–Crippen LogP) is 3.38. The Morgan fingerprint density at radius 1 is 0.950 bits per heavy atom. The van der Waals surface area contributed by atoms with Gasteiger partial charge in [-0.1, -0.05) is 31.2 Å². The minimum atomic E-state index is 0.564. The number of nitrogens with one attached hydrogen (secondary N) is 1. The smallest absolute Gasteiger partial charge is 0.120 e. The van der Waals surface area contributed by atoms with Crippen molar-refractivity contribution >= 4 is 0 Å². The molecule has 0 spiro atoms. The van der Waals surface area contributed by atoms with E-state index in [-0.39, 0.29) is 0 Å². The van der Waals surface area contributed by atoms with E-state index in [4.69, 9.17) is 9.47 Å². The van der Waals surface area contributed by atoms with Gasteiger partial charge in [0, 0.05) is 6.54 Å². The average molecular weight is 271 g/mol. The first-order chi connectivity index (χ1) is 9.81. The molecule has 0 aliphatic carbocycles. The van der Waals surface area contributed by atoms with E-state index in [2.05, 4.69) is 24.4 Å². The highest BCUT2D eigenvalue weighted by molar-refractivity contribution is 5.30. The molecule has 2 aromatic rings. The molecule has 0 fully saturated rings. The van der Waals surface area contributed by atoms with Crippen molar-refractivity contribution in [2.75, 3.05) is 13.7 Å². The van der Waals surface area contributed by atoms with Gasteiger partial charge < -0.3 is 14.8 Å². The van der Waals surface area contributed by atoms with Crippen LogP contribution in [0.4, 0.5) is 0 Å². The van der Waals surface area contributed by atoms with Crippen LogP contribution < -0.4 is 14.8 Å². The summed E-state index contributed by atoms with van der Waals surface area (Å²) in [5.74, 6) is 1.76. The van der Waals surface area contributed by atoms with Gasteiger partial charge in [0.1, 0.15) is 18.1 Å². The van der Waals surface area contributed by atoms with Crippen LogP contribution in [-0.2, 0) is 13.2 Å². The molecule has 3 nitrogen and oxygen atoms in total. The van der Waals surface area contributed by atoms with E-state index in [1.807, 2.05) is 36.4 Å². The Labute approximate surface area is 120 Å². The molecule has 0 atom stereocenters. The lowest BCUT2D eigenvalue weighted by molar-refractivity contribution is 0.305. The Bertz CT molecular complexity index is 523. The Morgan fingerprint density at radius 2 is 1.75 bits per heavy atom. The quantitative estimate of drug-likeness (QED) is 0.837. The van der Waals surface area contributed by atoms with Crippen LogP contribution in [0.3, 0.4) is 0 Å². The second-order valence-electron chi connectivity index (χ2n) is 4.56. The fraction of sp³-hybridized carbons (Fsp3) is 0.294. The third kappa shape index (κ3) is 4.28. The van der Waals surface area contributed by atoms with Gasteiger partial charge in [-0.2, -0.15) is 0 Å². The fourth-order valence-electron chi connectivity index (χ4n) is 1.90. The summed E-state index contributed by atoms with van der Waals surface area (Å²) in [4.78, 5) is 0. The molecule has 0 aromatic heterocycles. The predicted molar refractivity (Wildman–Crippen MR) is 81.1 cm³/mol. The van der Waals surface area contributed by atoms with Gasteiger partial charge in [0.15, 0.2) is 0 Å². The Kier molecular flexibility index (Phi) is 5.44. The number of methoxy groups -OCH3 is 1. The topological polar surface area (TPSA) is 30.5 Å². The summed E-state index contributed by atoms with van der Waals surface area (Å²) >= 11 is 0. The molecule has 0 unspecified atom stereocenters. The molecule has 2 aromatic carbocycles. The summed E-state index contributed by atoms with van der Waals surface area (Å²) in [7, 11) is 1.67. The number of ether oxygens (including phenoxy) is 2. The lowest BCUT2D eigenvalue weighted by atomic mass is 10.2. The van der Waals surface area contributed by atoms with Gasteiger partial charge in [0.2, 0.25) is 0 Å². The van der Waals surface area contributed by atoms with E-state index in [0.29, 0.717) is 6.61 Å². The number of hydrogen-bond acceptors (Lipinski definition) is 3. The van der Waals surface area contributed by atoms with Crippen molar-refractivity contribution in [2.45, 2.75) is 20.1 Å². The standard InChI is InChI=1S/C17H21NO2/c1-3-18-12-15-5-4-6-17(11-15)20-13-14-7-9-16(19-2)10-8-14/h4-11,18H,3,12-13H2,1-2H3. The van der Waals surface area contributed by atoms with Crippen LogP contribution in [0.5, 0.6) is 11.5 Å². The maximum atomic E-state index is 5.82. The summed E-state index contributed by atoms with van der Waals surface area (Å²) in [5.41, 5.74) is 2.36. The molecule has 0 amide bonds. The van der Waals surface area contributed by atoms with Gasteiger partial charge >= 0.3 is 0 Å². The van der Waals surface area contributed by atoms with E-state index < -0.39 is 0 Å². The molecule has 0 saturated heterocycles. The minimum Gasteiger partial charge on any atom is -0.497 e. The summed E-state index contributed by atoms with van der Waals surface area (Å²) in [6.45, 7) is 4.51. The third-order valence-corrected chi connectivity index (χ3v) is 3.04. The van der Waals surface area contributed by atoms with Crippen LogP contribution in [0.15, 0.2) is 48.5 Å². The van der Waals surface area contributed by atoms with Crippen molar-refractivity contribution in [3.05, 3.63) is 59.7 Å². The maximum Gasteiger partial charge on any atom is 0.120 e. The lowest BCUT2D eigenvalue weighted by Gasteiger charge is -2.09. The van der Waals surface area contributed by atoms with Crippen molar-refractivity contribution < 1.29 is 9.47 Å². The summed E-state index contributed by atoms with van der Waals surface area (Å²) < 4.78 is 11.0. The van der Waals surface area contributed by atoms with Crippen LogP contribution in [0.25, 0.3) is 0 Å². The van der Waals surface area contributed by atoms with E-state index in [1.165, 1.54) is 5.56 Å². The average Bonchev–Trinajstić information content (AvgIpc) is 2.52. The van der Waals surface area contributed by atoms with Crippen molar-refractivity contribution in [3.63, 3.8) is 0 Å². The normalized spacial score (nSPS) is 10.3. The Balaban J connectivity index is 1.92. The third-order valence-electron chi connectivity index (χ3n) is 3.04. The molecule has 20 heavy (non-hydrogen) atoms. The van der Waals surface area contributed by atoms with Gasteiger partial charge in [0.25, 0.3) is 0 Å². The molecule has 1 N–H and O–H groups in total.